The molecule has 150 valence electrons. The van der Waals surface area contributed by atoms with Gasteiger partial charge in [-0.25, -0.2) is 9.38 Å². The Hall–Kier alpha value is -3.81. The number of alkyl halides is 2. The summed E-state index contributed by atoms with van der Waals surface area (Å²) in [5.41, 5.74) is 2.40. The fraction of sp³-hybridized carbons (Fsp3) is 0.222. The number of nitriles is 1. The number of aliphatic imine (C=N–C) groups is 1. The maximum atomic E-state index is 14.5. The number of nitrogens with two attached hydrogens (primary N) is 1. The zero-order valence-electron chi connectivity index (χ0n) is 15.0. The molecule has 1 aromatic heterocycles. The van der Waals surface area contributed by atoms with Crippen LogP contribution in [-0.4, -0.2) is 29.7 Å². The van der Waals surface area contributed by atoms with Gasteiger partial charge in [0.1, 0.15) is 17.4 Å². The molecule has 1 aliphatic rings. The summed E-state index contributed by atoms with van der Waals surface area (Å²) in [5, 5.41) is 21.0. The molecule has 8 nitrogen and oxygen atoms in total. The van der Waals surface area contributed by atoms with Crippen molar-refractivity contribution in [2.75, 3.05) is 11.9 Å². The van der Waals surface area contributed by atoms with E-state index in [-0.39, 0.29) is 16.9 Å². The number of pyridine rings is 1. The van der Waals surface area contributed by atoms with E-state index in [4.69, 9.17) is 11.0 Å². The van der Waals surface area contributed by atoms with Gasteiger partial charge in [0.2, 0.25) is 6.20 Å². The lowest BCUT2D eigenvalue weighted by Crippen LogP contribution is -2.51. The lowest BCUT2D eigenvalue weighted by molar-refractivity contribution is -0.905. The Balaban J connectivity index is 1.97. The van der Waals surface area contributed by atoms with Crippen molar-refractivity contribution >= 4 is 17.6 Å². The van der Waals surface area contributed by atoms with Crippen molar-refractivity contribution in [3.05, 3.63) is 59.2 Å². The first-order chi connectivity index (χ1) is 13.6. The van der Waals surface area contributed by atoms with E-state index in [1.54, 1.807) is 6.07 Å². The van der Waals surface area contributed by atoms with Crippen LogP contribution in [-0.2, 0) is 10.3 Å². The van der Waals surface area contributed by atoms with Crippen LogP contribution >= 0.6 is 0 Å². The number of anilines is 1. The van der Waals surface area contributed by atoms with E-state index in [1.807, 2.05) is 0 Å². The molecule has 1 atom stereocenters. The highest BCUT2D eigenvalue weighted by molar-refractivity contribution is 6.01. The standard InChI is InChI=1S/C18H14F3N5O3/c1-17(18(20,21)9-29-16(23)25-17)12-6-11(3-4-13(12)19)24-15(27)14-5-2-10(7-22)8-26(14)28/h2-6,8H,9H2,1H3,(H3-,23,24,25,27,28)/p+1/t17-/m1/s1. The zero-order chi connectivity index (χ0) is 21.4. The van der Waals surface area contributed by atoms with Gasteiger partial charge in [0, 0.05) is 22.0 Å². The Labute approximate surface area is 162 Å². The number of amidine groups is 1. The summed E-state index contributed by atoms with van der Waals surface area (Å²) >= 11 is 0. The van der Waals surface area contributed by atoms with Crippen LogP contribution in [0.3, 0.4) is 0 Å². The summed E-state index contributed by atoms with van der Waals surface area (Å²) in [4.78, 5) is 16.0. The van der Waals surface area contributed by atoms with Gasteiger partial charge in [-0.2, -0.15) is 14.0 Å². The van der Waals surface area contributed by atoms with Crippen LogP contribution in [0.1, 0.15) is 28.5 Å². The van der Waals surface area contributed by atoms with Crippen LogP contribution in [0.15, 0.2) is 41.5 Å². The Morgan fingerprint density at radius 1 is 1.41 bits per heavy atom. The summed E-state index contributed by atoms with van der Waals surface area (Å²) in [5.74, 6) is -5.36. The van der Waals surface area contributed by atoms with E-state index in [0.29, 0.717) is 4.73 Å². The van der Waals surface area contributed by atoms with Crippen molar-refractivity contribution in [2.45, 2.75) is 18.4 Å². The molecule has 1 amide bonds. The number of amides is 1. The van der Waals surface area contributed by atoms with E-state index in [2.05, 4.69) is 15.0 Å². The molecule has 11 heteroatoms. The maximum Gasteiger partial charge on any atom is 0.325 e. The van der Waals surface area contributed by atoms with E-state index >= 15 is 0 Å². The molecule has 0 radical (unpaired) electrons. The van der Waals surface area contributed by atoms with Crippen LogP contribution in [0.25, 0.3) is 0 Å². The number of carbonyl (C=O) groups excluding carboxylic acids is 1. The minimum atomic E-state index is -3.57. The van der Waals surface area contributed by atoms with Gasteiger partial charge in [0.15, 0.2) is 12.1 Å². The van der Waals surface area contributed by atoms with Crippen molar-refractivity contribution in [1.82, 2.24) is 0 Å². The Morgan fingerprint density at radius 3 is 2.79 bits per heavy atom. The van der Waals surface area contributed by atoms with Gasteiger partial charge < -0.3 is 15.8 Å². The fourth-order valence-electron chi connectivity index (χ4n) is 2.80. The quantitative estimate of drug-likeness (QED) is 0.528. The number of nitrogens with zero attached hydrogens (tertiary/aromatic N) is 3. The van der Waals surface area contributed by atoms with Gasteiger partial charge in [-0.1, -0.05) is 0 Å². The molecule has 4 N–H and O–H groups in total. The first-order valence-electron chi connectivity index (χ1n) is 8.20. The van der Waals surface area contributed by atoms with Gasteiger partial charge in [-0.05, 0) is 31.2 Å². The number of carbonyl (C=O) groups is 1. The molecule has 0 saturated heterocycles. The lowest BCUT2D eigenvalue weighted by atomic mass is 9.85. The van der Waals surface area contributed by atoms with Crippen LogP contribution < -0.4 is 15.8 Å². The molecule has 0 fully saturated rings. The fourth-order valence-corrected chi connectivity index (χ4v) is 2.80. The lowest BCUT2D eigenvalue weighted by Gasteiger charge is -2.37. The summed E-state index contributed by atoms with van der Waals surface area (Å²) in [6, 6.07) is 6.85. The molecule has 0 saturated carbocycles. The molecular weight excluding hydrogens is 391 g/mol. The summed E-state index contributed by atoms with van der Waals surface area (Å²) in [6.07, 6.45) is 1.02. The second-order valence-corrected chi connectivity index (χ2v) is 6.42. The van der Waals surface area contributed by atoms with Crippen LogP contribution in [0.4, 0.5) is 18.9 Å². The Kier molecular flexibility index (Phi) is 4.79. The third-order valence-corrected chi connectivity index (χ3v) is 4.49. The van der Waals surface area contributed by atoms with E-state index in [0.717, 1.165) is 31.3 Å². The third kappa shape index (κ3) is 3.52. The first kappa shape index (κ1) is 19.9. The van der Waals surface area contributed by atoms with E-state index < -0.39 is 41.4 Å². The van der Waals surface area contributed by atoms with Crippen molar-refractivity contribution in [2.24, 2.45) is 10.7 Å². The number of rotatable bonds is 3. The monoisotopic (exact) mass is 406 g/mol. The van der Waals surface area contributed by atoms with Gasteiger partial charge >= 0.3 is 17.5 Å². The number of benzene rings is 1. The number of halogens is 3. The average Bonchev–Trinajstić information content (AvgIpc) is 2.66. The highest BCUT2D eigenvalue weighted by atomic mass is 19.3. The normalized spacial score (nSPS) is 20.2. The van der Waals surface area contributed by atoms with Crippen molar-refractivity contribution in [1.29, 1.82) is 5.26 Å². The summed E-state index contributed by atoms with van der Waals surface area (Å²) in [7, 11) is 0. The Bertz CT molecular complexity index is 1070. The molecule has 3 rings (SSSR count). The van der Waals surface area contributed by atoms with E-state index in [1.165, 1.54) is 12.1 Å². The van der Waals surface area contributed by atoms with Gasteiger partial charge in [0.05, 0.1) is 0 Å². The molecular formula is C18H15F3N5O3+. The third-order valence-electron chi connectivity index (χ3n) is 4.49. The van der Waals surface area contributed by atoms with E-state index in [9.17, 15) is 23.2 Å². The highest BCUT2D eigenvalue weighted by Crippen LogP contribution is 2.44. The largest absolute Gasteiger partial charge is 0.459 e. The number of ether oxygens (including phenoxy) is 1. The summed E-state index contributed by atoms with van der Waals surface area (Å²) < 4.78 is 48.4. The van der Waals surface area contributed by atoms with Gasteiger partial charge in [-0.3, -0.25) is 10.0 Å². The van der Waals surface area contributed by atoms with Crippen molar-refractivity contribution in [3.8, 4) is 6.07 Å². The first-order valence-corrected chi connectivity index (χ1v) is 8.20. The van der Waals surface area contributed by atoms with Gasteiger partial charge in [-0.15, -0.1) is 0 Å². The minimum Gasteiger partial charge on any atom is -0.459 e. The smallest absolute Gasteiger partial charge is 0.325 e. The predicted molar refractivity (Wildman–Crippen MR) is 92.8 cm³/mol. The molecule has 0 aliphatic carbocycles. The Morgan fingerprint density at radius 2 is 2.14 bits per heavy atom. The topological polar surface area (TPSA) is 125 Å². The second kappa shape index (κ2) is 6.97. The maximum absolute atomic E-state index is 14.5. The number of hydrogen-bond donors (Lipinski definition) is 3. The predicted octanol–water partition coefficient (Wildman–Crippen LogP) is 1.67. The minimum absolute atomic E-state index is 0.0203. The van der Waals surface area contributed by atoms with Gasteiger partial charge in [0.25, 0.3) is 6.02 Å². The zero-order valence-corrected chi connectivity index (χ0v) is 15.0. The molecule has 29 heavy (non-hydrogen) atoms. The molecule has 2 heterocycles. The average molecular weight is 406 g/mol. The number of aromatic nitrogens is 1. The SMILES string of the molecule is C[C@]1(c2cc(NC(=O)c3ccc(C#N)c[n+]3O)ccc2F)N=C(N)OCC1(F)F. The second-order valence-electron chi connectivity index (χ2n) is 6.42. The summed E-state index contributed by atoms with van der Waals surface area (Å²) in [6.45, 7) is -0.0701. The molecule has 0 spiro atoms. The number of hydrogen-bond acceptors (Lipinski definition) is 6. The molecule has 1 aromatic carbocycles. The van der Waals surface area contributed by atoms with Crippen molar-refractivity contribution < 1.29 is 32.6 Å². The number of nitrogens with one attached hydrogen (secondary N) is 1. The highest BCUT2D eigenvalue weighted by Gasteiger charge is 2.56. The molecule has 2 aromatic rings. The van der Waals surface area contributed by atoms with Crippen LogP contribution in [0, 0.1) is 17.1 Å². The molecule has 1 aliphatic heterocycles. The van der Waals surface area contributed by atoms with Crippen LogP contribution in [0.2, 0.25) is 0 Å². The molecule has 0 unspecified atom stereocenters. The molecule has 0 bridgehead atoms. The van der Waals surface area contributed by atoms with Crippen LogP contribution in [0.5, 0.6) is 0 Å². The van der Waals surface area contributed by atoms with Crippen molar-refractivity contribution in [3.63, 3.8) is 0 Å².